The van der Waals surface area contributed by atoms with Crippen LogP contribution in [0.1, 0.15) is 24.5 Å². The van der Waals surface area contributed by atoms with Crippen LogP contribution in [0.3, 0.4) is 0 Å². The Balaban J connectivity index is 3.08. The van der Waals surface area contributed by atoms with Crippen LogP contribution in [0.4, 0.5) is 8.78 Å². The van der Waals surface area contributed by atoms with Gasteiger partial charge in [-0.25, -0.2) is 13.8 Å². The fourth-order valence-electron chi connectivity index (χ4n) is 1.25. The molecule has 0 aliphatic carbocycles. The van der Waals surface area contributed by atoms with Crippen LogP contribution in [0.15, 0.2) is 6.07 Å². The van der Waals surface area contributed by atoms with Gasteiger partial charge in [0.1, 0.15) is 8.85 Å². The molecule has 0 fully saturated rings. The number of pyridine rings is 1. The summed E-state index contributed by atoms with van der Waals surface area (Å²) in [5, 5.41) is -0.0164. The Morgan fingerprint density at radius 2 is 2.29 bits per heavy atom. The molecule has 0 atom stereocenters. The Morgan fingerprint density at radius 3 is 2.82 bits per heavy atom. The molecule has 17 heavy (non-hydrogen) atoms. The molecular formula is C10H9ClF2INO2. The summed E-state index contributed by atoms with van der Waals surface area (Å²) in [5.41, 5.74) is -0.106. The molecule has 0 unspecified atom stereocenters. The molecule has 0 spiro atoms. The van der Waals surface area contributed by atoms with Gasteiger partial charge < -0.3 is 4.74 Å². The predicted octanol–water partition coefficient (Wildman–Crippen LogP) is 3.38. The lowest BCUT2D eigenvalue weighted by Gasteiger charge is -2.10. The average molecular weight is 376 g/mol. The number of rotatable bonds is 4. The SMILES string of the molecule is CCOC(=O)Cc1c(C(F)F)cc(Cl)nc1I. The van der Waals surface area contributed by atoms with E-state index in [9.17, 15) is 13.6 Å². The van der Waals surface area contributed by atoms with Crippen molar-refractivity contribution in [2.24, 2.45) is 0 Å². The zero-order valence-electron chi connectivity index (χ0n) is 8.84. The molecular weight excluding hydrogens is 366 g/mol. The fourth-order valence-corrected chi connectivity index (χ4v) is 2.36. The van der Waals surface area contributed by atoms with E-state index in [-0.39, 0.29) is 29.3 Å². The van der Waals surface area contributed by atoms with Crippen molar-refractivity contribution < 1.29 is 18.3 Å². The molecule has 0 aliphatic rings. The van der Waals surface area contributed by atoms with Gasteiger partial charge in [-0.15, -0.1) is 0 Å². The molecule has 0 amide bonds. The Morgan fingerprint density at radius 1 is 1.65 bits per heavy atom. The Bertz CT molecular complexity index is 429. The van der Waals surface area contributed by atoms with E-state index in [1.54, 1.807) is 29.5 Å². The lowest BCUT2D eigenvalue weighted by atomic mass is 10.1. The maximum Gasteiger partial charge on any atom is 0.310 e. The van der Waals surface area contributed by atoms with E-state index in [0.29, 0.717) is 3.70 Å². The lowest BCUT2D eigenvalue weighted by Crippen LogP contribution is -2.12. The van der Waals surface area contributed by atoms with Gasteiger partial charge in [-0.05, 0) is 35.6 Å². The quantitative estimate of drug-likeness (QED) is 0.460. The number of carbonyl (C=O) groups excluding carboxylic acids is 1. The predicted molar refractivity (Wildman–Crippen MR) is 67.3 cm³/mol. The van der Waals surface area contributed by atoms with Gasteiger partial charge in [0.05, 0.1) is 13.0 Å². The van der Waals surface area contributed by atoms with Crippen molar-refractivity contribution in [2.75, 3.05) is 6.61 Å². The average Bonchev–Trinajstić information content (AvgIpc) is 2.21. The van der Waals surface area contributed by atoms with Crippen LogP contribution in [0.25, 0.3) is 0 Å². The maximum atomic E-state index is 12.8. The lowest BCUT2D eigenvalue weighted by molar-refractivity contribution is -0.142. The third kappa shape index (κ3) is 4.02. The summed E-state index contributed by atoms with van der Waals surface area (Å²) in [6.07, 6.45) is -2.93. The van der Waals surface area contributed by atoms with E-state index in [2.05, 4.69) is 4.98 Å². The van der Waals surface area contributed by atoms with Crippen LogP contribution in [0.2, 0.25) is 5.15 Å². The summed E-state index contributed by atoms with van der Waals surface area (Å²) in [4.78, 5) is 15.1. The van der Waals surface area contributed by atoms with E-state index < -0.39 is 12.4 Å². The van der Waals surface area contributed by atoms with Gasteiger partial charge in [0.15, 0.2) is 0 Å². The van der Waals surface area contributed by atoms with Crippen LogP contribution in [-0.4, -0.2) is 17.6 Å². The van der Waals surface area contributed by atoms with Gasteiger partial charge >= 0.3 is 5.97 Å². The Kier molecular flexibility index (Phi) is 5.51. The summed E-state index contributed by atoms with van der Waals surface area (Å²) in [5.74, 6) is -0.559. The van der Waals surface area contributed by atoms with Crippen LogP contribution in [0, 0.1) is 3.70 Å². The number of ether oxygens (including phenoxy) is 1. The zero-order chi connectivity index (χ0) is 13.0. The van der Waals surface area contributed by atoms with Crippen LogP contribution < -0.4 is 0 Å². The van der Waals surface area contributed by atoms with Crippen molar-refractivity contribution in [1.29, 1.82) is 0 Å². The second kappa shape index (κ2) is 6.44. The topological polar surface area (TPSA) is 39.2 Å². The molecule has 3 nitrogen and oxygen atoms in total. The molecule has 0 N–H and O–H groups in total. The highest BCUT2D eigenvalue weighted by Gasteiger charge is 2.20. The summed E-state index contributed by atoms with van der Waals surface area (Å²) in [6.45, 7) is 1.86. The number of nitrogens with zero attached hydrogens (tertiary/aromatic N) is 1. The van der Waals surface area contributed by atoms with Crippen molar-refractivity contribution >= 4 is 40.2 Å². The van der Waals surface area contributed by atoms with E-state index >= 15 is 0 Å². The second-order valence-electron chi connectivity index (χ2n) is 3.09. The summed E-state index contributed by atoms with van der Waals surface area (Å²) in [7, 11) is 0. The molecule has 1 heterocycles. The van der Waals surface area contributed by atoms with E-state index in [1.165, 1.54) is 0 Å². The molecule has 0 bridgehead atoms. The number of hydrogen-bond donors (Lipinski definition) is 0. The van der Waals surface area contributed by atoms with Gasteiger partial charge in [-0.1, -0.05) is 11.6 Å². The number of halogens is 4. The molecule has 1 aromatic rings. The van der Waals surface area contributed by atoms with E-state index in [0.717, 1.165) is 6.07 Å². The van der Waals surface area contributed by atoms with Crippen LogP contribution in [-0.2, 0) is 16.0 Å². The number of carbonyl (C=O) groups is 1. The van der Waals surface area contributed by atoms with Gasteiger partial charge in [0.2, 0.25) is 0 Å². The van der Waals surface area contributed by atoms with Gasteiger partial charge in [0.25, 0.3) is 6.43 Å². The summed E-state index contributed by atoms with van der Waals surface area (Å²) in [6, 6.07) is 1.07. The molecule has 0 saturated heterocycles. The van der Waals surface area contributed by atoms with Crippen molar-refractivity contribution in [3.8, 4) is 0 Å². The largest absolute Gasteiger partial charge is 0.466 e. The minimum Gasteiger partial charge on any atom is -0.466 e. The normalized spacial score (nSPS) is 10.7. The first-order chi connectivity index (χ1) is 7.95. The van der Waals surface area contributed by atoms with Crippen LogP contribution >= 0.6 is 34.2 Å². The molecule has 7 heteroatoms. The minimum atomic E-state index is -2.70. The highest BCUT2D eigenvalue weighted by Crippen LogP contribution is 2.28. The summed E-state index contributed by atoms with van der Waals surface area (Å²) < 4.78 is 30.6. The Hall–Kier alpha value is -0.500. The zero-order valence-corrected chi connectivity index (χ0v) is 11.8. The Labute approximate surface area is 116 Å². The first-order valence-corrected chi connectivity index (χ1v) is 6.20. The summed E-state index contributed by atoms with van der Waals surface area (Å²) >= 11 is 7.37. The second-order valence-corrected chi connectivity index (χ2v) is 4.50. The number of alkyl halides is 2. The molecule has 0 saturated carbocycles. The molecule has 0 aliphatic heterocycles. The monoisotopic (exact) mass is 375 g/mol. The van der Waals surface area contributed by atoms with Gasteiger partial charge in [-0.2, -0.15) is 0 Å². The molecule has 1 rings (SSSR count). The molecule has 0 aromatic carbocycles. The maximum absolute atomic E-state index is 12.8. The number of hydrogen-bond acceptors (Lipinski definition) is 3. The molecule has 0 radical (unpaired) electrons. The standard InChI is InChI=1S/C10H9ClF2INO2/c1-2-17-8(16)4-6-5(9(12)13)3-7(11)15-10(6)14/h3,9H,2,4H2,1H3. The van der Waals surface area contributed by atoms with Crippen molar-refractivity contribution in [1.82, 2.24) is 4.98 Å². The molecule has 94 valence electrons. The smallest absolute Gasteiger partial charge is 0.310 e. The first kappa shape index (κ1) is 14.6. The van der Waals surface area contributed by atoms with Gasteiger partial charge in [-0.3, -0.25) is 4.79 Å². The molecule has 1 aromatic heterocycles. The number of aromatic nitrogens is 1. The third-order valence-electron chi connectivity index (χ3n) is 1.94. The third-order valence-corrected chi connectivity index (χ3v) is 3.02. The van der Waals surface area contributed by atoms with Crippen molar-refractivity contribution in [2.45, 2.75) is 19.8 Å². The van der Waals surface area contributed by atoms with Gasteiger partial charge in [0, 0.05) is 11.1 Å². The highest BCUT2D eigenvalue weighted by molar-refractivity contribution is 14.1. The van der Waals surface area contributed by atoms with Crippen LogP contribution in [0.5, 0.6) is 0 Å². The minimum absolute atomic E-state index is 0.0164. The fraction of sp³-hybridized carbons (Fsp3) is 0.400. The van der Waals surface area contributed by atoms with E-state index in [1.807, 2.05) is 0 Å². The van der Waals surface area contributed by atoms with Crippen molar-refractivity contribution in [3.05, 3.63) is 26.0 Å². The highest BCUT2D eigenvalue weighted by atomic mass is 127. The van der Waals surface area contributed by atoms with Crippen molar-refractivity contribution in [3.63, 3.8) is 0 Å². The first-order valence-electron chi connectivity index (χ1n) is 4.74. The number of esters is 1. The van der Waals surface area contributed by atoms with E-state index in [4.69, 9.17) is 16.3 Å².